The number of aliphatic hydroxyl groups is 1. The molecule has 4 heteroatoms. The van der Waals surface area contributed by atoms with Crippen molar-refractivity contribution in [2.45, 2.75) is 51.7 Å². The molecule has 0 aromatic heterocycles. The Morgan fingerprint density at radius 1 is 1.62 bits per heavy atom. The van der Waals surface area contributed by atoms with Gasteiger partial charge < -0.3 is 15.7 Å². The van der Waals surface area contributed by atoms with E-state index in [2.05, 4.69) is 17.6 Å². The molecule has 4 nitrogen and oxygen atoms in total. The third-order valence-electron chi connectivity index (χ3n) is 3.13. The number of rotatable bonds is 5. The number of carbonyl (C=O) groups excluding carboxylic acids is 1. The highest BCUT2D eigenvalue weighted by Gasteiger charge is 2.24. The average Bonchev–Trinajstić information content (AvgIpc) is 2.26. The summed E-state index contributed by atoms with van der Waals surface area (Å²) < 4.78 is 0. The van der Waals surface area contributed by atoms with Crippen molar-refractivity contribution in [2.75, 3.05) is 13.1 Å². The molecule has 3 N–H and O–H groups in total. The van der Waals surface area contributed by atoms with Gasteiger partial charge in [-0.05, 0) is 32.7 Å². The maximum absolute atomic E-state index is 11.8. The number of aliphatic hydroxyl groups excluding tert-OH is 1. The molecule has 1 aliphatic rings. The van der Waals surface area contributed by atoms with E-state index in [1.54, 1.807) is 0 Å². The molecule has 1 saturated heterocycles. The molecule has 0 radical (unpaired) electrons. The van der Waals surface area contributed by atoms with Gasteiger partial charge in [0.2, 0.25) is 5.91 Å². The first-order chi connectivity index (χ1) is 7.63. The first-order valence-corrected chi connectivity index (χ1v) is 6.32. The van der Waals surface area contributed by atoms with Crippen LogP contribution in [0.25, 0.3) is 0 Å². The zero-order valence-corrected chi connectivity index (χ0v) is 10.3. The first kappa shape index (κ1) is 13.5. The highest BCUT2D eigenvalue weighted by Crippen LogP contribution is 2.15. The van der Waals surface area contributed by atoms with Crippen LogP contribution in [0.15, 0.2) is 0 Å². The third kappa shape index (κ3) is 4.49. The van der Waals surface area contributed by atoms with Crippen LogP contribution in [0.5, 0.6) is 0 Å². The van der Waals surface area contributed by atoms with E-state index < -0.39 is 6.10 Å². The first-order valence-electron chi connectivity index (χ1n) is 6.32. The monoisotopic (exact) mass is 228 g/mol. The Labute approximate surface area is 97.8 Å². The van der Waals surface area contributed by atoms with E-state index in [0.717, 1.165) is 32.2 Å². The van der Waals surface area contributed by atoms with Crippen molar-refractivity contribution in [1.82, 2.24) is 10.6 Å². The van der Waals surface area contributed by atoms with Crippen LogP contribution in [-0.2, 0) is 4.79 Å². The van der Waals surface area contributed by atoms with Crippen LogP contribution in [0.1, 0.15) is 39.5 Å². The Morgan fingerprint density at radius 3 is 3.00 bits per heavy atom. The Hall–Kier alpha value is -0.610. The highest BCUT2D eigenvalue weighted by atomic mass is 16.3. The number of amides is 1. The summed E-state index contributed by atoms with van der Waals surface area (Å²) in [6.45, 7) is 5.44. The molecule has 0 saturated carbocycles. The van der Waals surface area contributed by atoms with Crippen LogP contribution in [0.3, 0.4) is 0 Å². The fourth-order valence-corrected chi connectivity index (χ4v) is 2.17. The van der Waals surface area contributed by atoms with E-state index >= 15 is 0 Å². The molecule has 3 atom stereocenters. The minimum atomic E-state index is -0.395. The van der Waals surface area contributed by atoms with E-state index in [4.69, 9.17) is 0 Å². The molecule has 0 aliphatic carbocycles. The summed E-state index contributed by atoms with van der Waals surface area (Å²) >= 11 is 0. The van der Waals surface area contributed by atoms with Crippen molar-refractivity contribution >= 4 is 5.91 Å². The van der Waals surface area contributed by atoms with Crippen molar-refractivity contribution in [3.8, 4) is 0 Å². The molecule has 0 spiro atoms. The number of hydrogen-bond acceptors (Lipinski definition) is 3. The minimum absolute atomic E-state index is 0.100. The number of carbonyl (C=O) groups is 1. The zero-order chi connectivity index (χ0) is 12.0. The Kier molecular flexibility index (Phi) is 5.77. The van der Waals surface area contributed by atoms with E-state index in [1.807, 2.05) is 6.92 Å². The van der Waals surface area contributed by atoms with Crippen LogP contribution >= 0.6 is 0 Å². The molecule has 1 amide bonds. The Bertz CT molecular complexity index is 221. The topological polar surface area (TPSA) is 61.4 Å². The van der Waals surface area contributed by atoms with E-state index in [0.29, 0.717) is 12.6 Å². The van der Waals surface area contributed by atoms with Gasteiger partial charge in [0, 0.05) is 18.5 Å². The third-order valence-corrected chi connectivity index (χ3v) is 3.13. The van der Waals surface area contributed by atoms with Gasteiger partial charge in [0.25, 0.3) is 0 Å². The zero-order valence-electron chi connectivity index (χ0n) is 10.3. The lowest BCUT2D eigenvalue weighted by molar-refractivity contribution is -0.126. The number of nitrogens with one attached hydrogen (secondary N) is 2. The molecule has 1 aliphatic heterocycles. The van der Waals surface area contributed by atoms with Gasteiger partial charge >= 0.3 is 0 Å². The second kappa shape index (κ2) is 6.86. The summed E-state index contributed by atoms with van der Waals surface area (Å²) in [5, 5.41) is 15.7. The quantitative estimate of drug-likeness (QED) is 0.647. The summed E-state index contributed by atoms with van der Waals surface area (Å²) in [5.74, 6) is 0.216. The van der Waals surface area contributed by atoms with Crippen LogP contribution in [0, 0.1) is 5.92 Å². The van der Waals surface area contributed by atoms with Gasteiger partial charge in [-0.25, -0.2) is 0 Å². The van der Waals surface area contributed by atoms with Gasteiger partial charge in [0.15, 0.2) is 0 Å². The fourth-order valence-electron chi connectivity index (χ4n) is 2.17. The maximum Gasteiger partial charge on any atom is 0.223 e. The second-order valence-electron chi connectivity index (χ2n) is 4.76. The maximum atomic E-state index is 11.8. The van der Waals surface area contributed by atoms with Crippen molar-refractivity contribution in [1.29, 1.82) is 0 Å². The Balaban J connectivity index is 2.23. The van der Waals surface area contributed by atoms with Crippen LogP contribution in [-0.4, -0.2) is 36.2 Å². The van der Waals surface area contributed by atoms with Crippen LogP contribution in [0.2, 0.25) is 0 Å². The Morgan fingerprint density at radius 2 is 2.38 bits per heavy atom. The largest absolute Gasteiger partial charge is 0.391 e. The normalized spacial score (nSPS) is 27.4. The molecular formula is C12H24N2O2. The van der Waals surface area contributed by atoms with Gasteiger partial charge in [-0.2, -0.15) is 0 Å². The summed E-state index contributed by atoms with van der Waals surface area (Å²) in [6.07, 6.45) is 3.10. The highest BCUT2D eigenvalue weighted by molar-refractivity contribution is 5.78. The van der Waals surface area contributed by atoms with E-state index in [1.165, 1.54) is 0 Å². The van der Waals surface area contributed by atoms with Crippen LogP contribution in [0.4, 0.5) is 0 Å². The second-order valence-corrected chi connectivity index (χ2v) is 4.76. The molecule has 1 heterocycles. The molecule has 94 valence electrons. The summed E-state index contributed by atoms with van der Waals surface area (Å²) in [5.41, 5.74) is 0. The van der Waals surface area contributed by atoms with E-state index in [9.17, 15) is 9.90 Å². The molecule has 0 aromatic carbocycles. The fraction of sp³-hybridized carbons (Fsp3) is 0.917. The predicted octanol–water partition coefficient (Wildman–Crippen LogP) is 0.652. The summed E-state index contributed by atoms with van der Waals surface area (Å²) in [7, 11) is 0. The lowest BCUT2D eigenvalue weighted by Gasteiger charge is -2.27. The number of hydrogen-bond donors (Lipinski definition) is 3. The SMILES string of the molecule is CCCC(O)CNC(=O)[C@H]1CCN[C@@H](C)C1. The van der Waals surface area contributed by atoms with Gasteiger partial charge in [-0.1, -0.05) is 13.3 Å². The van der Waals surface area contributed by atoms with Crippen molar-refractivity contribution in [3.05, 3.63) is 0 Å². The molecule has 16 heavy (non-hydrogen) atoms. The predicted molar refractivity (Wildman–Crippen MR) is 64.1 cm³/mol. The summed E-state index contributed by atoms with van der Waals surface area (Å²) in [4.78, 5) is 11.8. The summed E-state index contributed by atoms with van der Waals surface area (Å²) in [6, 6.07) is 0.421. The molecular weight excluding hydrogens is 204 g/mol. The average molecular weight is 228 g/mol. The lowest BCUT2D eigenvalue weighted by atomic mass is 9.92. The smallest absolute Gasteiger partial charge is 0.223 e. The standard InChI is InChI=1S/C12H24N2O2/c1-3-4-11(15)8-14-12(16)10-5-6-13-9(2)7-10/h9-11,13,15H,3-8H2,1-2H3,(H,14,16)/t9-,10-,11?/m0/s1. The van der Waals surface area contributed by atoms with Gasteiger partial charge in [-0.15, -0.1) is 0 Å². The van der Waals surface area contributed by atoms with Crippen molar-refractivity contribution < 1.29 is 9.90 Å². The molecule has 1 unspecified atom stereocenters. The number of piperidine rings is 1. The molecule has 1 fully saturated rings. The van der Waals surface area contributed by atoms with Gasteiger partial charge in [0.1, 0.15) is 0 Å². The van der Waals surface area contributed by atoms with E-state index in [-0.39, 0.29) is 11.8 Å². The van der Waals surface area contributed by atoms with Crippen molar-refractivity contribution in [3.63, 3.8) is 0 Å². The van der Waals surface area contributed by atoms with Gasteiger partial charge in [0.05, 0.1) is 6.10 Å². The minimum Gasteiger partial charge on any atom is -0.391 e. The van der Waals surface area contributed by atoms with Crippen LogP contribution < -0.4 is 10.6 Å². The molecule has 1 rings (SSSR count). The molecule has 0 bridgehead atoms. The molecule has 0 aromatic rings. The van der Waals surface area contributed by atoms with Gasteiger partial charge in [-0.3, -0.25) is 4.79 Å². The lowest BCUT2D eigenvalue weighted by Crippen LogP contribution is -2.44. The van der Waals surface area contributed by atoms with Crippen molar-refractivity contribution in [2.24, 2.45) is 5.92 Å².